The van der Waals surface area contributed by atoms with E-state index in [1.165, 1.54) is 25.7 Å². The van der Waals surface area contributed by atoms with Crippen molar-refractivity contribution in [3.05, 3.63) is 0 Å². The molecule has 1 N–H and O–H groups in total. The summed E-state index contributed by atoms with van der Waals surface area (Å²) in [5.74, 6) is 0.344. The minimum absolute atomic E-state index is 0.0113. The van der Waals surface area contributed by atoms with Crippen LogP contribution in [0.3, 0.4) is 0 Å². The Morgan fingerprint density at radius 1 is 1.33 bits per heavy atom. The average Bonchev–Trinajstić information content (AvgIpc) is 2.61. The fraction of sp³-hybridized carbons (Fsp3) is 0.917. The predicted octanol–water partition coefficient (Wildman–Crippen LogP) is 1.53. The molecule has 15 heavy (non-hydrogen) atoms. The van der Waals surface area contributed by atoms with Gasteiger partial charge in [-0.05, 0) is 26.7 Å². The van der Waals surface area contributed by atoms with Gasteiger partial charge in [-0.3, -0.25) is 4.79 Å². The maximum atomic E-state index is 12.1. The second-order valence-corrected chi connectivity index (χ2v) is 5.44. The first-order valence-corrected chi connectivity index (χ1v) is 6.14. The van der Waals surface area contributed by atoms with Crippen molar-refractivity contribution in [2.75, 3.05) is 13.1 Å². The van der Waals surface area contributed by atoms with Gasteiger partial charge in [0.15, 0.2) is 0 Å². The van der Waals surface area contributed by atoms with Crippen LogP contribution in [0.1, 0.15) is 46.0 Å². The third-order valence-corrected chi connectivity index (χ3v) is 3.68. The molecule has 86 valence electrons. The smallest absolute Gasteiger partial charge is 0.224 e. The summed E-state index contributed by atoms with van der Waals surface area (Å²) in [6.07, 6.45) is 5.65. The molecular weight excluding hydrogens is 188 g/mol. The molecule has 0 unspecified atom stereocenters. The molecule has 0 spiro atoms. The highest BCUT2D eigenvalue weighted by Crippen LogP contribution is 2.30. The summed E-state index contributed by atoms with van der Waals surface area (Å²) in [5, 5.41) is 3.36. The maximum Gasteiger partial charge on any atom is 0.224 e. The van der Waals surface area contributed by atoms with Crippen molar-refractivity contribution < 1.29 is 4.79 Å². The van der Waals surface area contributed by atoms with Crippen molar-refractivity contribution >= 4 is 5.91 Å². The lowest BCUT2D eigenvalue weighted by Crippen LogP contribution is -2.54. The minimum atomic E-state index is -0.0113. The number of nitrogens with zero attached hydrogens (tertiary/aromatic N) is 1. The molecule has 0 aromatic carbocycles. The number of rotatable bonds is 1. The van der Waals surface area contributed by atoms with Gasteiger partial charge in [0.1, 0.15) is 0 Å². The molecule has 1 saturated heterocycles. The van der Waals surface area contributed by atoms with Crippen molar-refractivity contribution in [2.24, 2.45) is 0 Å². The van der Waals surface area contributed by atoms with Gasteiger partial charge < -0.3 is 10.2 Å². The largest absolute Gasteiger partial charge is 0.333 e. The lowest BCUT2D eigenvalue weighted by Gasteiger charge is -2.41. The van der Waals surface area contributed by atoms with Gasteiger partial charge in [-0.15, -0.1) is 0 Å². The third kappa shape index (κ3) is 2.17. The van der Waals surface area contributed by atoms with Crippen LogP contribution >= 0.6 is 0 Å². The first-order chi connectivity index (χ1) is 7.11. The van der Waals surface area contributed by atoms with Gasteiger partial charge in [-0.1, -0.05) is 12.8 Å². The van der Waals surface area contributed by atoms with Crippen molar-refractivity contribution in [2.45, 2.75) is 57.5 Å². The van der Waals surface area contributed by atoms with E-state index in [-0.39, 0.29) is 5.54 Å². The van der Waals surface area contributed by atoms with Gasteiger partial charge >= 0.3 is 0 Å². The van der Waals surface area contributed by atoms with E-state index in [0.29, 0.717) is 18.4 Å². The average molecular weight is 210 g/mol. The number of carbonyl (C=O) groups excluding carboxylic acids is 1. The number of nitrogens with one attached hydrogen (secondary N) is 1. The van der Waals surface area contributed by atoms with Gasteiger partial charge in [0.2, 0.25) is 5.91 Å². The summed E-state index contributed by atoms with van der Waals surface area (Å²) in [5.41, 5.74) is -0.0113. The Morgan fingerprint density at radius 3 is 2.67 bits per heavy atom. The second-order valence-electron chi connectivity index (χ2n) is 5.44. The molecule has 1 amide bonds. The fourth-order valence-corrected chi connectivity index (χ4v) is 2.99. The van der Waals surface area contributed by atoms with Gasteiger partial charge in [-0.2, -0.15) is 0 Å². The number of amides is 1. The van der Waals surface area contributed by atoms with E-state index in [9.17, 15) is 4.79 Å². The molecule has 0 aromatic heterocycles. The summed E-state index contributed by atoms with van der Waals surface area (Å²) < 4.78 is 0. The summed E-state index contributed by atoms with van der Waals surface area (Å²) in [4.78, 5) is 14.3. The Labute approximate surface area is 92.2 Å². The molecule has 1 saturated carbocycles. The van der Waals surface area contributed by atoms with E-state index < -0.39 is 0 Å². The molecule has 2 rings (SSSR count). The minimum Gasteiger partial charge on any atom is -0.333 e. The molecule has 0 aromatic rings. The SMILES string of the molecule is CC1(C)CNCCC(=O)N1C1CCCC1. The van der Waals surface area contributed by atoms with Crippen LogP contribution in [0.4, 0.5) is 0 Å². The van der Waals surface area contributed by atoms with Crippen LogP contribution in [0.15, 0.2) is 0 Å². The molecule has 3 heteroatoms. The topological polar surface area (TPSA) is 32.3 Å². The fourth-order valence-electron chi connectivity index (χ4n) is 2.99. The number of hydrogen-bond acceptors (Lipinski definition) is 2. The van der Waals surface area contributed by atoms with Crippen LogP contribution in [0, 0.1) is 0 Å². The van der Waals surface area contributed by atoms with Gasteiger partial charge in [0.05, 0.1) is 0 Å². The van der Waals surface area contributed by atoms with Gasteiger partial charge in [0.25, 0.3) is 0 Å². The lowest BCUT2D eigenvalue weighted by atomic mass is 9.99. The zero-order valence-corrected chi connectivity index (χ0v) is 9.88. The Balaban J connectivity index is 2.17. The molecule has 2 aliphatic rings. The molecule has 1 aliphatic carbocycles. The van der Waals surface area contributed by atoms with Crippen molar-refractivity contribution in [1.82, 2.24) is 10.2 Å². The molecule has 0 atom stereocenters. The Kier molecular flexibility index (Phi) is 3.01. The number of carbonyl (C=O) groups is 1. The molecule has 0 bridgehead atoms. The van der Waals surface area contributed by atoms with E-state index in [0.717, 1.165) is 13.1 Å². The first-order valence-electron chi connectivity index (χ1n) is 6.14. The van der Waals surface area contributed by atoms with Crippen LogP contribution in [0.25, 0.3) is 0 Å². The van der Waals surface area contributed by atoms with E-state index in [4.69, 9.17) is 0 Å². The summed E-state index contributed by atoms with van der Waals surface area (Å²) in [6.45, 7) is 6.13. The summed E-state index contributed by atoms with van der Waals surface area (Å²) in [7, 11) is 0. The maximum absolute atomic E-state index is 12.1. The van der Waals surface area contributed by atoms with Crippen molar-refractivity contribution in [1.29, 1.82) is 0 Å². The monoisotopic (exact) mass is 210 g/mol. The molecule has 0 radical (unpaired) electrons. The first kappa shape index (κ1) is 10.9. The van der Waals surface area contributed by atoms with Crippen LogP contribution in [-0.4, -0.2) is 35.5 Å². The van der Waals surface area contributed by atoms with Crippen molar-refractivity contribution in [3.8, 4) is 0 Å². The van der Waals surface area contributed by atoms with Crippen molar-refractivity contribution in [3.63, 3.8) is 0 Å². The van der Waals surface area contributed by atoms with Crippen LogP contribution < -0.4 is 5.32 Å². The summed E-state index contributed by atoms with van der Waals surface area (Å²) in [6, 6.07) is 0.507. The molecule has 1 aliphatic heterocycles. The van der Waals surface area contributed by atoms with Crippen LogP contribution in [0.5, 0.6) is 0 Å². The van der Waals surface area contributed by atoms with E-state index in [1.807, 2.05) is 0 Å². The Hall–Kier alpha value is -0.570. The number of hydrogen-bond donors (Lipinski definition) is 1. The second kappa shape index (κ2) is 4.12. The normalized spacial score (nSPS) is 28.1. The van der Waals surface area contributed by atoms with E-state index in [2.05, 4.69) is 24.1 Å². The molecular formula is C12H22N2O. The highest BCUT2D eigenvalue weighted by molar-refractivity contribution is 5.78. The molecule has 2 fully saturated rings. The van der Waals surface area contributed by atoms with E-state index >= 15 is 0 Å². The quantitative estimate of drug-likeness (QED) is 0.712. The zero-order chi connectivity index (χ0) is 10.9. The molecule has 3 nitrogen and oxygen atoms in total. The highest BCUT2D eigenvalue weighted by Gasteiger charge is 2.38. The molecule has 1 heterocycles. The van der Waals surface area contributed by atoms with Gasteiger partial charge in [-0.25, -0.2) is 0 Å². The Morgan fingerprint density at radius 2 is 2.00 bits per heavy atom. The van der Waals surface area contributed by atoms with Crippen LogP contribution in [0.2, 0.25) is 0 Å². The standard InChI is InChI=1S/C12H22N2O/c1-12(2)9-13-8-7-11(15)14(12)10-5-3-4-6-10/h10,13H,3-9H2,1-2H3. The lowest BCUT2D eigenvalue weighted by molar-refractivity contribution is -0.138. The zero-order valence-electron chi connectivity index (χ0n) is 9.88. The van der Waals surface area contributed by atoms with Crippen LogP contribution in [-0.2, 0) is 4.79 Å². The summed E-state index contributed by atoms with van der Waals surface area (Å²) >= 11 is 0. The predicted molar refractivity (Wildman–Crippen MR) is 60.7 cm³/mol. The van der Waals surface area contributed by atoms with E-state index in [1.54, 1.807) is 0 Å². The highest BCUT2D eigenvalue weighted by atomic mass is 16.2. The van der Waals surface area contributed by atoms with Gasteiger partial charge in [0, 0.05) is 31.1 Å². The third-order valence-electron chi connectivity index (χ3n) is 3.68. The Bertz CT molecular complexity index is 244.